The predicted molar refractivity (Wildman–Crippen MR) is 119 cm³/mol. The molecule has 4 rings (SSSR count). The van der Waals surface area contributed by atoms with Crippen molar-refractivity contribution < 1.29 is 27.4 Å². The zero-order valence-electron chi connectivity index (χ0n) is 18.4. The average molecular weight is 495 g/mol. The monoisotopic (exact) mass is 494 g/mol. The Morgan fingerprint density at radius 1 is 1.21 bits per heavy atom. The quantitative estimate of drug-likeness (QED) is 0.530. The number of pyridine rings is 1. The Morgan fingerprint density at radius 2 is 1.97 bits per heavy atom. The summed E-state index contributed by atoms with van der Waals surface area (Å²) in [5, 5.41) is 7.45. The molecule has 1 amide bonds. The molecule has 1 N–H and O–H groups in total. The second kappa shape index (κ2) is 9.54. The van der Waals surface area contributed by atoms with E-state index in [1.54, 1.807) is 12.1 Å². The molecule has 0 radical (unpaired) electrons. The second-order valence-corrected chi connectivity index (χ2v) is 8.46. The van der Waals surface area contributed by atoms with Gasteiger partial charge in [-0.05, 0) is 35.7 Å². The number of amides is 1. The fourth-order valence-corrected chi connectivity index (χ4v) is 3.90. The molecule has 3 aromatic rings. The summed E-state index contributed by atoms with van der Waals surface area (Å²) in [5.41, 5.74) is 0.699. The molecule has 0 bridgehead atoms. The molecule has 7 nitrogen and oxygen atoms in total. The van der Waals surface area contributed by atoms with Crippen molar-refractivity contribution in [1.82, 2.24) is 20.1 Å². The van der Waals surface area contributed by atoms with Gasteiger partial charge in [-0.25, -0.2) is 9.67 Å². The van der Waals surface area contributed by atoms with Gasteiger partial charge in [-0.15, -0.1) is 0 Å². The lowest BCUT2D eigenvalue weighted by Crippen LogP contribution is -2.24. The Kier molecular flexibility index (Phi) is 6.70. The molecule has 1 aliphatic rings. The number of alkyl halides is 3. The van der Waals surface area contributed by atoms with Crippen molar-refractivity contribution in [1.29, 1.82) is 0 Å². The second-order valence-electron chi connectivity index (χ2n) is 8.05. The van der Waals surface area contributed by atoms with Crippen LogP contribution in [0.2, 0.25) is 5.02 Å². The van der Waals surface area contributed by atoms with E-state index in [1.165, 1.54) is 16.9 Å². The first-order valence-corrected chi connectivity index (χ1v) is 11.0. The molecule has 3 heterocycles. The molecule has 1 aromatic carbocycles. The molecule has 0 unspecified atom stereocenters. The van der Waals surface area contributed by atoms with E-state index in [0.29, 0.717) is 41.0 Å². The van der Waals surface area contributed by atoms with Crippen molar-refractivity contribution in [3.63, 3.8) is 0 Å². The molecule has 34 heavy (non-hydrogen) atoms. The van der Waals surface area contributed by atoms with E-state index in [2.05, 4.69) is 15.4 Å². The molecular formula is C23H22ClF3N4O3. The summed E-state index contributed by atoms with van der Waals surface area (Å²) in [5.74, 6) is 0.662. The van der Waals surface area contributed by atoms with E-state index in [4.69, 9.17) is 21.1 Å². The smallest absolute Gasteiger partial charge is 0.417 e. The van der Waals surface area contributed by atoms with Gasteiger partial charge in [0, 0.05) is 19.2 Å². The van der Waals surface area contributed by atoms with Crippen molar-refractivity contribution in [3.05, 3.63) is 64.1 Å². The Bertz CT molecular complexity index is 1190. The number of hydrogen-bond donors (Lipinski definition) is 1. The lowest BCUT2D eigenvalue weighted by molar-refractivity contribution is -0.137. The van der Waals surface area contributed by atoms with Crippen LogP contribution in [0, 0.1) is 0 Å². The van der Waals surface area contributed by atoms with Crippen molar-refractivity contribution >= 4 is 17.5 Å². The maximum atomic E-state index is 13.0. The third kappa shape index (κ3) is 4.96. The van der Waals surface area contributed by atoms with E-state index < -0.39 is 11.7 Å². The number of carbonyl (C=O) groups is 1. The van der Waals surface area contributed by atoms with Gasteiger partial charge in [-0.3, -0.25) is 4.79 Å². The zero-order chi connectivity index (χ0) is 24.5. The van der Waals surface area contributed by atoms with Crippen LogP contribution >= 0.6 is 11.6 Å². The van der Waals surface area contributed by atoms with Crippen LogP contribution in [0.4, 0.5) is 13.2 Å². The number of aromatic nitrogens is 3. The van der Waals surface area contributed by atoms with Crippen LogP contribution in [-0.2, 0) is 12.7 Å². The fraction of sp³-hybridized carbons (Fsp3) is 0.348. The third-order valence-electron chi connectivity index (χ3n) is 5.21. The van der Waals surface area contributed by atoms with E-state index in [9.17, 15) is 18.0 Å². The Labute approximate surface area is 198 Å². The lowest BCUT2D eigenvalue weighted by Gasteiger charge is -2.14. The average Bonchev–Trinajstić information content (AvgIpc) is 3.10. The number of rotatable bonds is 5. The van der Waals surface area contributed by atoms with E-state index >= 15 is 0 Å². The van der Waals surface area contributed by atoms with Gasteiger partial charge in [0.2, 0.25) is 0 Å². The summed E-state index contributed by atoms with van der Waals surface area (Å²) in [6, 6.07) is 5.63. The first-order chi connectivity index (χ1) is 16.1. The van der Waals surface area contributed by atoms with Crippen LogP contribution in [-0.4, -0.2) is 33.9 Å². The lowest BCUT2D eigenvalue weighted by atomic mass is 10.1. The summed E-state index contributed by atoms with van der Waals surface area (Å²) >= 11 is 6.32. The van der Waals surface area contributed by atoms with Crippen LogP contribution in [0.5, 0.6) is 11.5 Å². The van der Waals surface area contributed by atoms with Gasteiger partial charge in [-0.1, -0.05) is 25.4 Å². The van der Waals surface area contributed by atoms with Crippen LogP contribution in [0.3, 0.4) is 0 Å². The van der Waals surface area contributed by atoms with Crippen molar-refractivity contribution in [2.75, 3.05) is 13.2 Å². The van der Waals surface area contributed by atoms with Gasteiger partial charge in [0.25, 0.3) is 5.91 Å². The highest BCUT2D eigenvalue weighted by Crippen LogP contribution is 2.38. The largest absolute Gasteiger partial charge is 0.489 e. The predicted octanol–water partition coefficient (Wildman–Crippen LogP) is 5.15. The highest BCUT2D eigenvalue weighted by Gasteiger charge is 2.31. The SMILES string of the molecule is CC(C)c1c(C(=O)NCc2cc(Cl)c3c(c2)OCCCO3)cnn1-c1ccc(C(F)(F)F)cn1. The molecule has 0 saturated carbocycles. The maximum absolute atomic E-state index is 13.0. The number of halogens is 4. The van der Waals surface area contributed by atoms with Crippen LogP contribution < -0.4 is 14.8 Å². The Hall–Kier alpha value is -3.27. The van der Waals surface area contributed by atoms with Gasteiger partial charge < -0.3 is 14.8 Å². The van der Waals surface area contributed by atoms with Crippen molar-refractivity contribution in [2.24, 2.45) is 0 Å². The number of fused-ring (bicyclic) bond motifs is 1. The molecule has 0 saturated heterocycles. The summed E-state index contributed by atoms with van der Waals surface area (Å²) in [6.45, 7) is 4.92. The maximum Gasteiger partial charge on any atom is 0.417 e. The van der Waals surface area contributed by atoms with Gasteiger partial charge in [0.05, 0.1) is 41.3 Å². The van der Waals surface area contributed by atoms with Crippen LogP contribution in [0.15, 0.2) is 36.7 Å². The number of nitrogens with zero attached hydrogens (tertiary/aromatic N) is 3. The fourth-order valence-electron chi connectivity index (χ4n) is 3.61. The Morgan fingerprint density at radius 3 is 2.65 bits per heavy atom. The minimum atomic E-state index is -4.49. The van der Waals surface area contributed by atoms with E-state index in [-0.39, 0.29) is 24.2 Å². The highest BCUT2D eigenvalue weighted by atomic mass is 35.5. The Balaban J connectivity index is 1.55. The summed E-state index contributed by atoms with van der Waals surface area (Å²) in [4.78, 5) is 16.9. The minimum Gasteiger partial charge on any atom is -0.489 e. The molecular weight excluding hydrogens is 473 g/mol. The van der Waals surface area contributed by atoms with Crippen molar-refractivity contribution in [3.8, 4) is 17.3 Å². The van der Waals surface area contributed by atoms with Gasteiger partial charge in [0.15, 0.2) is 17.3 Å². The standard InChI is InChI=1S/C23H22ClF3N4O3/c1-13(2)20-16(12-30-31(20)19-5-4-15(11-28-19)23(25,26)27)22(32)29-10-14-8-17(24)21-18(9-14)33-6-3-7-34-21/h4-5,8-9,11-13H,3,6-7,10H2,1-2H3,(H,29,32). The van der Waals surface area contributed by atoms with Gasteiger partial charge in [0.1, 0.15) is 0 Å². The highest BCUT2D eigenvalue weighted by molar-refractivity contribution is 6.32. The molecule has 0 atom stereocenters. The number of benzene rings is 1. The molecule has 180 valence electrons. The minimum absolute atomic E-state index is 0.153. The molecule has 1 aliphatic heterocycles. The summed E-state index contributed by atoms with van der Waals surface area (Å²) < 4.78 is 51.3. The third-order valence-corrected chi connectivity index (χ3v) is 5.49. The number of ether oxygens (including phenoxy) is 2. The first kappa shape index (κ1) is 23.9. The topological polar surface area (TPSA) is 78.3 Å². The molecule has 0 fully saturated rings. The number of carbonyl (C=O) groups excluding carboxylic acids is 1. The van der Waals surface area contributed by atoms with E-state index in [1.807, 2.05) is 13.8 Å². The molecule has 2 aromatic heterocycles. The van der Waals surface area contributed by atoms with Gasteiger partial charge in [-0.2, -0.15) is 18.3 Å². The molecule has 11 heteroatoms. The van der Waals surface area contributed by atoms with Crippen molar-refractivity contribution in [2.45, 2.75) is 38.9 Å². The zero-order valence-corrected chi connectivity index (χ0v) is 19.2. The van der Waals surface area contributed by atoms with Crippen LogP contribution in [0.1, 0.15) is 53.4 Å². The summed E-state index contributed by atoms with van der Waals surface area (Å²) in [7, 11) is 0. The normalized spacial score (nSPS) is 13.6. The first-order valence-electron chi connectivity index (χ1n) is 10.6. The summed E-state index contributed by atoms with van der Waals surface area (Å²) in [6.07, 6.45) is -1.62. The van der Waals surface area contributed by atoms with Crippen LogP contribution in [0.25, 0.3) is 5.82 Å². The van der Waals surface area contributed by atoms with E-state index in [0.717, 1.165) is 24.2 Å². The molecule has 0 spiro atoms. The number of hydrogen-bond acceptors (Lipinski definition) is 5. The van der Waals surface area contributed by atoms with Gasteiger partial charge >= 0.3 is 6.18 Å². The molecule has 0 aliphatic carbocycles. The number of nitrogens with one attached hydrogen (secondary N) is 1.